The number of halogens is 3. The van der Waals surface area contributed by atoms with E-state index in [1.807, 2.05) is 0 Å². The van der Waals surface area contributed by atoms with E-state index in [4.69, 9.17) is 0 Å². The molecule has 0 N–H and O–H groups in total. The largest absolute Gasteiger partial charge is 0.416 e. The SMILES string of the molecule is Cc1nc(-c2cccc(C(F)(F)F)c2)sc1C(=O)/C=C/N(C)C. The van der Waals surface area contributed by atoms with Crippen molar-refractivity contribution in [3.8, 4) is 10.6 Å². The minimum Gasteiger partial charge on any atom is -0.383 e. The molecule has 0 amide bonds. The van der Waals surface area contributed by atoms with Gasteiger partial charge in [-0.3, -0.25) is 4.79 Å². The Balaban J connectivity index is 2.36. The Kier molecular flexibility index (Phi) is 4.89. The number of allylic oxidation sites excluding steroid dienone is 1. The third-order valence-corrected chi connectivity index (χ3v) is 4.20. The van der Waals surface area contributed by atoms with Gasteiger partial charge in [0.15, 0.2) is 5.78 Å². The molecule has 23 heavy (non-hydrogen) atoms. The third-order valence-electron chi connectivity index (χ3n) is 2.98. The Bertz CT molecular complexity index is 748. The summed E-state index contributed by atoms with van der Waals surface area (Å²) in [6, 6.07) is 4.94. The molecule has 1 heterocycles. The van der Waals surface area contributed by atoms with E-state index in [1.54, 1.807) is 38.2 Å². The van der Waals surface area contributed by atoms with E-state index < -0.39 is 11.7 Å². The molecule has 0 spiro atoms. The van der Waals surface area contributed by atoms with Crippen molar-refractivity contribution in [3.05, 3.63) is 52.7 Å². The van der Waals surface area contributed by atoms with Gasteiger partial charge >= 0.3 is 6.18 Å². The summed E-state index contributed by atoms with van der Waals surface area (Å²) in [4.78, 5) is 18.5. The van der Waals surface area contributed by atoms with Crippen molar-refractivity contribution >= 4 is 17.1 Å². The minimum atomic E-state index is -4.41. The van der Waals surface area contributed by atoms with E-state index in [1.165, 1.54) is 12.1 Å². The van der Waals surface area contributed by atoms with Gasteiger partial charge < -0.3 is 4.90 Å². The van der Waals surface area contributed by atoms with Gasteiger partial charge in [0.2, 0.25) is 0 Å². The summed E-state index contributed by atoms with van der Waals surface area (Å²) < 4.78 is 38.4. The van der Waals surface area contributed by atoms with Crippen LogP contribution in [0.25, 0.3) is 10.6 Å². The molecule has 7 heteroatoms. The van der Waals surface area contributed by atoms with Crippen molar-refractivity contribution < 1.29 is 18.0 Å². The summed E-state index contributed by atoms with van der Waals surface area (Å²) >= 11 is 1.09. The number of ketones is 1. The van der Waals surface area contributed by atoms with Crippen molar-refractivity contribution in [2.45, 2.75) is 13.1 Å². The van der Waals surface area contributed by atoms with Gasteiger partial charge in [-0.1, -0.05) is 12.1 Å². The average Bonchev–Trinajstić information content (AvgIpc) is 2.86. The fraction of sp³-hybridized carbons (Fsp3) is 0.250. The highest BCUT2D eigenvalue weighted by molar-refractivity contribution is 7.17. The lowest BCUT2D eigenvalue weighted by Crippen LogP contribution is -2.04. The fourth-order valence-corrected chi connectivity index (χ4v) is 2.85. The van der Waals surface area contributed by atoms with Crippen molar-refractivity contribution in [2.75, 3.05) is 14.1 Å². The highest BCUT2D eigenvalue weighted by Gasteiger charge is 2.30. The van der Waals surface area contributed by atoms with Gasteiger partial charge in [0.05, 0.1) is 16.1 Å². The number of rotatable bonds is 4. The molecule has 0 aliphatic heterocycles. The molecule has 0 atom stereocenters. The molecule has 122 valence electrons. The van der Waals surface area contributed by atoms with Gasteiger partial charge in [0, 0.05) is 31.9 Å². The molecule has 0 fully saturated rings. The summed E-state index contributed by atoms with van der Waals surface area (Å²) in [7, 11) is 3.58. The Labute approximate surface area is 136 Å². The molecule has 0 bridgehead atoms. The first kappa shape index (κ1) is 17.2. The molecule has 0 saturated heterocycles. The summed E-state index contributed by atoms with van der Waals surface area (Å²) in [5.41, 5.74) is 0.127. The van der Waals surface area contributed by atoms with Crippen LogP contribution in [0.1, 0.15) is 20.9 Å². The van der Waals surface area contributed by atoms with Gasteiger partial charge in [-0.05, 0) is 19.1 Å². The molecule has 0 aliphatic rings. The zero-order valence-electron chi connectivity index (χ0n) is 12.8. The van der Waals surface area contributed by atoms with Crippen LogP contribution in [-0.4, -0.2) is 29.8 Å². The zero-order chi connectivity index (χ0) is 17.2. The monoisotopic (exact) mass is 340 g/mol. The van der Waals surface area contributed by atoms with Crippen LogP contribution in [0.5, 0.6) is 0 Å². The molecule has 0 unspecified atom stereocenters. The van der Waals surface area contributed by atoms with Crippen LogP contribution < -0.4 is 0 Å². The number of carbonyl (C=O) groups is 1. The van der Waals surface area contributed by atoms with E-state index in [0.29, 0.717) is 21.1 Å². The molecular weight excluding hydrogens is 325 g/mol. The van der Waals surface area contributed by atoms with Gasteiger partial charge in [-0.2, -0.15) is 13.2 Å². The van der Waals surface area contributed by atoms with Gasteiger partial charge in [0.25, 0.3) is 0 Å². The van der Waals surface area contributed by atoms with Crippen LogP contribution in [0.3, 0.4) is 0 Å². The summed E-state index contributed by atoms with van der Waals surface area (Å²) in [5, 5.41) is 0.398. The number of hydrogen-bond donors (Lipinski definition) is 0. The van der Waals surface area contributed by atoms with E-state index in [9.17, 15) is 18.0 Å². The van der Waals surface area contributed by atoms with E-state index in [2.05, 4.69) is 4.98 Å². The number of hydrogen-bond acceptors (Lipinski definition) is 4. The molecule has 0 radical (unpaired) electrons. The lowest BCUT2D eigenvalue weighted by atomic mass is 10.1. The standard InChI is InChI=1S/C16H15F3N2OS/c1-10-14(13(22)7-8-21(2)3)23-15(20-10)11-5-4-6-12(9-11)16(17,18)19/h4-9H,1-3H3/b8-7+. The molecule has 2 aromatic rings. The Morgan fingerprint density at radius 1 is 1.30 bits per heavy atom. The highest BCUT2D eigenvalue weighted by atomic mass is 32.1. The molecular formula is C16H15F3N2OS. The first-order valence-electron chi connectivity index (χ1n) is 6.72. The molecule has 0 saturated carbocycles. The highest BCUT2D eigenvalue weighted by Crippen LogP contribution is 2.34. The van der Waals surface area contributed by atoms with Crippen LogP contribution in [0.2, 0.25) is 0 Å². The third kappa shape index (κ3) is 4.19. The summed E-state index contributed by atoms with van der Waals surface area (Å²) in [6.45, 7) is 1.67. The minimum absolute atomic E-state index is 0.216. The maximum absolute atomic E-state index is 12.8. The first-order valence-corrected chi connectivity index (χ1v) is 7.54. The number of nitrogens with zero attached hydrogens (tertiary/aromatic N) is 2. The van der Waals surface area contributed by atoms with Crippen molar-refractivity contribution in [2.24, 2.45) is 0 Å². The Morgan fingerprint density at radius 3 is 2.61 bits per heavy atom. The van der Waals surface area contributed by atoms with Crippen molar-refractivity contribution in [1.82, 2.24) is 9.88 Å². The molecule has 2 rings (SSSR count). The maximum Gasteiger partial charge on any atom is 0.416 e. The summed E-state index contributed by atoms with van der Waals surface area (Å²) in [6.07, 6.45) is -1.38. The predicted octanol–water partition coefficient (Wildman–Crippen LogP) is 4.40. The molecule has 1 aromatic heterocycles. The first-order chi connectivity index (χ1) is 10.7. The van der Waals surface area contributed by atoms with Crippen LogP contribution in [0.15, 0.2) is 36.5 Å². The Hall–Kier alpha value is -2.15. The smallest absolute Gasteiger partial charge is 0.383 e. The zero-order valence-corrected chi connectivity index (χ0v) is 13.6. The summed E-state index contributed by atoms with van der Waals surface area (Å²) in [5.74, 6) is -0.216. The topological polar surface area (TPSA) is 33.2 Å². The van der Waals surface area contributed by atoms with E-state index in [-0.39, 0.29) is 5.78 Å². The number of aryl methyl sites for hydroxylation is 1. The second-order valence-electron chi connectivity index (χ2n) is 5.16. The quantitative estimate of drug-likeness (QED) is 0.611. The lowest BCUT2D eigenvalue weighted by Gasteiger charge is -2.07. The van der Waals surface area contributed by atoms with Crippen LogP contribution in [0.4, 0.5) is 13.2 Å². The van der Waals surface area contributed by atoms with Gasteiger partial charge in [-0.15, -0.1) is 11.3 Å². The Morgan fingerprint density at radius 2 is 2.00 bits per heavy atom. The van der Waals surface area contributed by atoms with E-state index in [0.717, 1.165) is 23.5 Å². The second-order valence-corrected chi connectivity index (χ2v) is 6.15. The molecule has 3 nitrogen and oxygen atoms in total. The van der Waals surface area contributed by atoms with Gasteiger partial charge in [-0.25, -0.2) is 4.98 Å². The maximum atomic E-state index is 12.8. The van der Waals surface area contributed by atoms with E-state index >= 15 is 0 Å². The molecule has 0 aliphatic carbocycles. The van der Waals surface area contributed by atoms with Gasteiger partial charge in [0.1, 0.15) is 5.01 Å². The second kappa shape index (κ2) is 6.54. The van der Waals surface area contributed by atoms with Crippen molar-refractivity contribution in [1.29, 1.82) is 0 Å². The predicted molar refractivity (Wildman–Crippen MR) is 84.4 cm³/mol. The van der Waals surface area contributed by atoms with Crippen molar-refractivity contribution in [3.63, 3.8) is 0 Å². The molecule has 1 aromatic carbocycles. The number of alkyl halides is 3. The van der Waals surface area contributed by atoms with Crippen LogP contribution >= 0.6 is 11.3 Å². The fourth-order valence-electron chi connectivity index (χ4n) is 1.87. The number of thiazole rings is 1. The number of aromatic nitrogens is 1. The van der Waals surface area contributed by atoms with Crippen LogP contribution in [-0.2, 0) is 6.18 Å². The average molecular weight is 340 g/mol. The normalized spacial score (nSPS) is 11.9. The lowest BCUT2D eigenvalue weighted by molar-refractivity contribution is -0.137. The number of benzene rings is 1. The van der Waals surface area contributed by atoms with Crippen LogP contribution in [0, 0.1) is 6.92 Å². The number of carbonyl (C=O) groups excluding carboxylic acids is 1.